The van der Waals surface area contributed by atoms with Gasteiger partial charge >= 0.3 is 0 Å². The minimum Gasteiger partial charge on any atom is -0.496 e. The van der Waals surface area contributed by atoms with Gasteiger partial charge in [0.1, 0.15) is 11.4 Å². The summed E-state index contributed by atoms with van der Waals surface area (Å²) in [6, 6.07) is 12.9. The van der Waals surface area contributed by atoms with E-state index in [4.69, 9.17) is 9.15 Å². The standard InChI is InChI=1S/C21H19N5O3/c1-14-16(20(27)23-12-15-6-3-4-7-18(15)28-2)13-24-26(14)21-22-10-9-17(25-21)19-8-5-11-29-19/h3-11,13H,12H2,1-2H3,(H,23,27). The van der Waals surface area contributed by atoms with Crippen LogP contribution in [0.4, 0.5) is 0 Å². The van der Waals surface area contributed by atoms with Crippen LogP contribution in [0, 0.1) is 6.92 Å². The summed E-state index contributed by atoms with van der Waals surface area (Å²) in [5.41, 5.74) is 2.62. The van der Waals surface area contributed by atoms with E-state index < -0.39 is 0 Å². The molecule has 0 spiro atoms. The minimum atomic E-state index is -0.234. The van der Waals surface area contributed by atoms with Crippen LogP contribution in [0.15, 0.2) is 65.5 Å². The van der Waals surface area contributed by atoms with Crippen LogP contribution in [-0.2, 0) is 6.54 Å². The quantitative estimate of drug-likeness (QED) is 0.544. The van der Waals surface area contributed by atoms with Gasteiger partial charge in [0, 0.05) is 18.3 Å². The fraction of sp³-hybridized carbons (Fsp3) is 0.143. The largest absolute Gasteiger partial charge is 0.496 e. The van der Waals surface area contributed by atoms with Crippen molar-refractivity contribution in [3.63, 3.8) is 0 Å². The fourth-order valence-electron chi connectivity index (χ4n) is 2.97. The number of aromatic nitrogens is 4. The predicted octanol–water partition coefficient (Wildman–Crippen LogP) is 3.17. The molecule has 0 saturated carbocycles. The first-order valence-electron chi connectivity index (χ1n) is 8.99. The van der Waals surface area contributed by atoms with Crippen LogP contribution in [0.1, 0.15) is 21.6 Å². The van der Waals surface area contributed by atoms with Gasteiger partial charge in [-0.05, 0) is 31.2 Å². The number of methoxy groups -OCH3 is 1. The molecular weight excluding hydrogens is 370 g/mol. The molecule has 0 aliphatic rings. The maximum Gasteiger partial charge on any atom is 0.255 e. The van der Waals surface area contributed by atoms with Gasteiger partial charge < -0.3 is 14.5 Å². The van der Waals surface area contributed by atoms with E-state index in [0.29, 0.717) is 35.2 Å². The highest BCUT2D eigenvalue weighted by Crippen LogP contribution is 2.19. The second kappa shape index (κ2) is 7.97. The zero-order valence-corrected chi connectivity index (χ0v) is 16.0. The molecule has 1 aromatic carbocycles. The maximum atomic E-state index is 12.7. The third-order valence-corrected chi connectivity index (χ3v) is 4.49. The molecule has 8 heteroatoms. The molecule has 146 valence electrons. The van der Waals surface area contributed by atoms with E-state index in [9.17, 15) is 4.79 Å². The highest BCUT2D eigenvalue weighted by Gasteiger charge is 2.17. The van der Waals surface area contributed by atoms with Crippen LogP contribution in [0.5, 0.6) is 5.75 Å². The molecule has 29 heavy (non-hydrogen) atoms. The number of nitrogens with one attached hydrogen (secondary N) is 1. The van der Waals surface area contributed by atoms with E-state index in [2.05, 4.69) is 20.4 Å². The van der Waals surface area contributed by atoms with Crippen molar-refractivity contribution in [2.45, 2.75) is 13.5 Å². The Bertz CT molecular complexity index is 1130. The second-order valence-electron chi connectivity index (χ2n) is 6.27. The average Bonchev–Trinajstić information content (AvgIpc) is 3.42. The van der Waals surface area contributed by atoms with Crippen molar-refractivity contribution in [3.05, 3.63) is 77.9 Å². The molecule has 0 saturated heterocycles. The lowest BCUT2D eigenvalue weighted by molar-refractivity contribution is 0.0950. The summed E-state index contributed by atoms with van der Waals surface area (Å²) >= 11 is 0. The molecule has 0 aliphatic carbocycles. The second-order valence-corrected chi connectivity index (χ2v) is 6.27. The first kappa shape index (κ1) is 18.4. The van der Waals surface area contributed by atoms with Crippen LogP contribution in [0.25, 0.3) is 17.4 Å². The summed E-state index contributed by atoms with van der Waals surface area (Å²) in [6.45, 7) is 2.14. The number of carbonyl (C=O) groups is 1. The summed E-state index contributed by atoms with van der Waals surface area (Å²) in [4.78, 5) is 21.4. The van der Waals surface area contributed by atoms with Crippen molar-refractivity contribution in [1.82, 2.24) is 25.1 Å². The smallest absolute Gasteiger partial charge is 0.255 e. The zero-order chi connectivity index (χ0) is 20.2. The molecule has 4 rings (SSSR count). The Labute approximate surface area is 167 Å². The molecule has 0 unspecified atom stereocenters. The minimum absolute atomic E-state index is 0.234. The number of hydrogen-bond acceptors (Lipinski definition) is 6. The highest BCUT2D eigenvalue weighted by molar-refractivity contribution is 5.95. The van der Waals surface area contributed by atoms with Crippen LogP contribution < -0.4 is 10.1 Å². The van der Waals surface area contributed by atoms with Crippen LogP contribution in [-0.4, -0.2) is 32.8 Å². The normalized spacial score (nSPS) is 10.7. The van der Waals surface area contributed by atoms with Gasteiger partial charge in [-0.15, -0.1) is 0 Å². The van der Waals surface area contributed by atoms with Gasteiger partial charge in [-0.3, -0.25) is 4.79 Å². The molecule has 0 radical (unpaired) electrons. The summed E-state index contributed by atoms with van der Waals surface area (Å²) in [5.74, 6) is 1.48. The van der Waals surface area contributed by atoms with Gasteiger partial charge in [-0.25, -0.2) is 14.6 Å². The highest BCUT2D eigenvalue weighted by atomic mass is 16.5. The number of ether oxygens (including phenoxy) is 1. The third kappa shape index (κ3) is 3.73. The van der Waals surface area contributed by atoms with Crippen molar-refractivity contribution in [1.29, 1.82) is 0 Å². The number of para-hydroxylation sites is 1. The molecule has 0 atom stereocenters. The molecular formula is C21H19N5O3. The fourth-order valence-corrected chi connectivity index (χ4v) is 2.97. The molecule has 4 aromatic rings. The molecule has 0 fully saturated rings. The number of benzene rings is 1. The Morgan fingerprint density at radius 2 is 2.07 bits per heavy atom. The van der Waals surface area contributed by atoms with E-state index in [-0.39, 0.29) is 5.91 Å². The van der Waals surface area contributed by atoms with Gasteiger partial charge in [0.25, 0.3) is 11.9 Å². The Balaban J connectivity index is 1.54. The van der Waals surface area contributed by atoms with Crippen molar-refractivity contribution in [2.24, 2.45) is 0 Å². The van der Waals surface area contributed by atoms with E-state index in [0.717, 1.165) is 11.3 Å². The molecule has 3 heterocycles. The van der Waals surface area contributed by atoms with Gasteiger partial charge in [0.15, 0.2) is 5.76 Å². The van der Waals surface area contributed by atoms with E-state index in [1.165, 1.54) is 10.9 Å². The van der Waals surface area contributed by atoms with Crippen molar-refractivity contribution in [3.8, 4) is 23.2 Å². The number of nitrogens with zero attached hydrogens (tertiary/aromatic N) is 4. The summed E-state index contributed by atoms with van der Waals surface area (Å²) in [6.07, 6.45) is 4.72. The van der Waals surface area contributed by atoms with Crippen molar-refractivity contribution >= 4 is 5.91 Å². The van der Waals surface area contributed by atoms with Gasteiger partial charge in [0.05, 0.1) is 30.8 Å². The Morgan fingerprint density at radius 1 is 1.21 bits per heavy atom. The summed E-state index contributed by atoms with van der Waals surface area (Å²) in [5, 5.41) is 7.19. The molecule has 3 aromatic heterocycles. The topological polar surface area (TPSA) is 95.1 Å². The van der Waals surface area contributed by atoms with Crippen LogP contribution in [0.2, 0.25) is 0 Å². The van der Waals surface area contributed by atoms with Crippen LogP contribution >= 0.6 is 0 Å². The number of rotatable bonds is 6. The van der Waals surface area contributed by atoms with Crippen molar-refractivity contribution < 1.29 is 13.9 Å². The molecule has 1 N–H and O–H groups in total. The van der Waals surface area contributed by atoms with E-state index in [1.54, 1.807) is 38.6 Å². The zero-order valence-electron chi connectivity index (χ0n) is 16.0. The number of amides is 1. The molecule has 0 bridgehead atoms. The van der Waals surface area contributed by atoms with E-state index >= 15 is 0 Å². The van der Waals surface area contributed by atoms with E-state index in [1.807, 2.05) is 30.3 Å². The lowest BCUT2D eigenvalue weighted by atomic mass is 10.2. The molecule has 1 amide bonds. The average molecular weight is 389 g/mol. The Kier molecular flexibility index (Phi) is 5.07. The summed E-state index contributed by atoms with van der Waals surface area (Å²) < 4.78 is 12.2. The maximum absolute atomic E-state index is 12.7. The van der Waals surface area contributed by atoms with Crippen LogP contribution in [0.3, 0.4) is 0 Å². The van der Waals surface area contributed by atoms with Crippen molar-refractivity contribution in [2.75, 3.05) is 7.11 Å². The number of furan rings is 1. The Hall–Kier alpha value is -3.94. The SMILES string of the molecule is COc1ccccc1CNC(=O)c1cnn(-c2nccc(-c3ccco3)n2)c1C. The number of carbonyl (C=O) groups excluding carboxylic acids is 1. The lowest BCUT2D eigenvalue weighted by Gasteiger charge is -2.09. The first-order valence-corrected chi connectivity index (χ1v) is 8.99. The lowest BCUT2D eigenvalue weighted by Crippen LogP contribution is -2.23. The first-order chi connectivity index (χ1) is 14.2. The van der Waals surface area contributed by atoms with Gasteiger partial charge in [-0.2, -0.15) is 5.10 Å². The third-order valence-electron chi connectivity index (χ3n) is 4.49. The Morgan fingerprint density at radius 3 is 2.86 bits per heavy atom. The number of hydrogen-bond donors (Lipinski definition) is 1. The van der Waals surface area contributed by atoms with Gasteiger partial charge in [-0.1, -0.05) is 18.2 Å². The van der Waals surface area contributed by atoms with Gasteiger partial charge in [0.2, 0.25) is 0 Å². The predicted molar refractivity (Wildman–Crippen MR) is 106 cm³/mol. The molecule has 8 nitrogen and oxygen atoms in total. The summed E-state index contributed by atoms with van der Waals surface area (Å²) in [7, 11) is 1.60. The molecule has 0 aliphatic heterocycles. The monoisotopic (exact) mass is 389 g/mol.